The lowest BCUT2D eigenvalue weighted by atomic mass is 9.99. The van der Waals surface area contributed by atoms with Crippen molar-refractivity contribution in [1.82, 2.24) is 4.98 Å². The molecule has 3 heteroatoms. The zero-order valence-electron chi connectivity index (χ0n) is 7.87. The van der Waals surface area contributed by atoms with Crippen LogP contribution in [0, 0.1) is 5.92 Å². The molecule has 1 rings (SSSR count). The van der Waals surface area contributed by atoms with Crippen molar-refractivity contribution in [2.75, 3.05) is 0 Å². The van der Waals surface area contributed by atoms with Gasteiger partial charge in [-0.05, 0) is 34.0 Å². The van der Waals surface area contributed by atoms with Gasteiger partial charge >= 0.3 is 0 Å². The summed E-state index contributed by atoms with van der Waals surface area (Å²) in [5.41, 5.74) is 0.748. The molecule has 1 aromatic rings. The molecule has 2 nitrogen and oxygen atoms in total. The maximum atomic E-state index is 9.80. The van der Waals surface area contributed by atoms with Crippen molar-refractivity contribution in [3.63, 3.8) is 0 Å². The highest BCUT2D eigenvalue weighted by Crippen LogP contribution is 2.22. The number of aliphatic hydroxyl groups excluding tert-OH is 1. The summed E-state index contributed by atoms with van der Waals surface area (Å²) in [6.45, 7) is 4.08. The van der Waals surface area contributed by atoms with Crippen LogP contribution in [0.1, 0.15) is 32.1 Å². The summed E-state index contributed by atoms with van der Waals surface area (Å²) in [6.07, 6.45) is 2.22. The lowest BCUT2D eigenvalue weighted by molar-refractivity contribution is 0.111. The van der Waals surface area contributed by atoms with Gasteiger partial charge in [-0.2, -0.15) is 0 Å². The normalized spacial score (nSPS) is 15.4. The topological polar surface area (TPSA) is 33.1 Å². The van der Waals surface area contributed by atoms with Gasteiger partial charge in [0.25, 0.3) is 0 Å². The highest BCUT2D eigenvalue weighted by molar-refractivity contribution is 9.10. The molecule has 0 spiro atoms. The first-order valence-corrected chi connectivity index (χ1v) is 5.24. The van der Waals surface area contributed by atoms with Crippen molar-refractivity contribution < 1.29 is 5.11 Å². The molecule has 0 bridgehead atoms. The van der Waals surface area contributed by atoms with Gasteiger partial charge in [-0.3, -0.25) is 4.98 Å². The molecular formula is C10H14BrNO. The third kappa shape index (κ3) is 2.78. The molecule has 0 aliphatic heterocycles. The molecule has 1 N–H and O–H groups in total. The Balaban J connectivity index is 2.77. The number of aromatic nitrogens is 1. The van der Waals surface area contributed by atoms with Crippen molar-refractivity contribution in [2.45, 2.75) is 26.4 Å². The molecule has 72 valence electrons. The Morgan fingerprint density at radius 3 is 2.69 bits per heavy atom. The Morgan fingerprint density at radius 1 is 1.54 bits per heavy atom. The quantitative estimate of drug-likeness (QED) is 0.886. The minimum atomic E-state index is -0.446. The SMILES string of the molecule is CCC(C)C(O)c1ccc(Br)cn1. The van der Waals surface area contributed by atoms with Gasteiger partial charge in [0, 0.05) is 10.7 Å². The summed E-state index contributed by atoms with van der Waals surface area (Å²) in [5, 5.41) is 9.80. The average Bonchev–Trinajstić information content (AvgIpc) is 2.17. The third-order valence-corrected chi connectivity index (χ3v) is 2.71. The van der Waals surface area contributed by atoms with E-state index >= 15 is 0 Å². The molecule has 0 fully saturated rings. The fourth-order valence-corrected chi connectivity index (χ4v) is 1.31. The van der Waals surface area contributed by atoms with Gasteiger partial charge in [-0.25, -0.2) is 0 Å². The highest BCUT2D eigenvalue weighted by Gasteiger charge is 2.15. The molecule has 0 amide bonds. The van der Waals surface area contributed by atoms with Crippen LogP contribution in [-0.4, -0.2) is 10.1 Å². The van der Waals surface area contributed by atoms with Crippen LogP contribution in [0.25, 0.3) is 0 Å². The maximum Gasteiger partial charge on any atom is 0.0985 e. The second-order valence-electron chi connectivity index (χ2n) is 3.23. The van der Waals surface area contributed by atoms with Gasteiger partial charge in [0.05, 0.1) is 11.8 Å². The van der Waals surface area contributed by atoms with Gasteiger partial charge < -0.3 is 5.11 Å². The largest absolute Gasteiger partial charge is 0.387 e. The number of halogens is 1. The minimum absolute atomic E-state index is 0.258. The van der Waals surface area contributed by atoms with Crippen LogP contribution in [-0.2, 0) is 0 Å². The van der Waals surface area contributed by atoms with Crippen molar-refractivity contribution >= 4 is 15.9 Å². The fourth-order valence-electron chi connectivity index (χ4n) is 1.08. The average molecular weight is 244 g/mol. The van der Waals surface area contributed by atoms with Crippen LogP contribution in [0.3, 0.4) is 0 Å². The predicted octanol–water partition coefficient (Wildman–Crippen LogP) is 2.92. The smallest absolute Gasteiger partial charge is 0.0985 e. The monoisotopic (exact) mass is 243 g/mol. The van der Waals surface area contributed by atoms with Crippen LogP contribution in [0.4, 0.5) is 0 Å². The molecule has 0 saturated heterocycles. The maximum absolute atomic E-state index is 9.80. The number of pyridine rings is 1. The van der Waals surface area contributed by atoms with Gasteiger partial charge in [0.2, 0.25) is 0 Å². The van der Waals surface area contributed by atoms with E-state index in [9.17, 15) is 5.11 Å². The Hall–Kier alpha value is -0.410. The Bertz CT molecular complexity index is 260. The molecule has 2 unspecified atom stereocenters. The van der Waals surface area contributed by atoms with E-state index in [0.29, 0.717) is 0 Å². The first-order valence-electron chi connectivity index (χ1n) is 4.44. The third-order valence-electron chi connectivity index (χ3n) is 2.24. The molecule has 0 aliphatic carbocycles. The lowest BCUT2D eigenvalue weighted by Gasteiger charge is -2.16. The Labute approximate surface area is 87.1 Å². The first-order chi connectivity index (χ1) is 6.15. The van der Waals surface area contributed by atoms with Gasteiger partial charge in [-0.1, -0.05) is 20.3 Å². The van der Waals surface area contributed by atoms with E-state index < -0.39 is 6.10 Å². The molecule has 0 saturated carbocycles. The summed E-state index contributed by atoms with van der Waals surface area (Å²) in [6, 6.07) is 3.74. The van der Waals surface area contributed by atoms with E-state index in [4.69, 9.17) is 0 Å². The number of hydrogen-bond donors (Lipinski definition) is 1. The predicted molar refractivity (Wildman–Crippen MR) is 56.4 cm³/mol. The molecule has 1 aromatic heterocycles. The van der Waals surface area contributed by atoms with Crippen LogP contribution >= 0.6 is 15.9 Å². The van der Waals surface area contributed by atoms with Crippen molar-refractivity contribution in [3.8, 4) is 0 Å². The van der Waals surface area contributed by atoms with E-state index in [1.807, 2.05) is 19.1 Å². The van der Waals surface area contributed by atoms with E-state index in [-0.39, 0.29) is 5.92 Å². The number of rotatable bonds is 3. The first kappa shape index (κ1) is 10.7. The van der Waals surface area contributed by atoms with Gasteiger partial charge in [0.1, 0.15) is 0 Å². The fraction of sp³-hybridized carbons (Fsp3) is 0.500. The van der Waals surface area contributed by atoms with Crippen LogP contribution < -0.4 is 0 Å². The molecule has 1 heterocycles. The standard InChI is InChI=1S/C10H14BrNO/c1-3-7(2)10(13)9-5-4-8(11)6-12-9/h4-7,10,13H,3H2,1-2H3. The van der Waals surface area contributed by atoms with Crippen molar-refractivity contribution in [2.24, 2.45) is 5.92 Å². The molecule has 0 aromatic carbocycles. The van der Waals surface area contributed by atoms with E-state index in [1.54, 1.807) is 6.20 Å². The van der Waals surface area contributed by atoms with Gasteiger partial charge in [-0.15, -0.1) is 0 Å². The zero-order valence-corrected chi connectivity index (χ0v) is 9.45. The molecule has 13 heavy (non-hydrogen) atoms. The van der Waals surface area contributed by atoms with Crippen LogP contribution in [0.5, 0.6) is 0 Å². The zero-order chi connectivity index (χ0) is 9.84. The van der Waals surface area contributed by atoms with Crippen LogP contribution in [0.2, 0.25) is 0 Å². The number of nitrogens with zero attached hydrogens (tertiary/aromatic N) is 1. The van der Waals surface area contributed by atoms with Crippen molar-refractivity contribution in [3.05, 3.63) is 28.5 Å². The second kappa shape index (κ2) is 4.72. The molecular weight excluding hydrogens is 230 g/mol. The summed E-state index contributed by atoms with van der Waals surface area (Å²) in [7, 11) is 0. The van der Waals surface area contributed by atoms with Gasteiger partial charge in [0.15, 0.2) is 0 Å². The minimum Gasteiger partial charge on any atom is -0.387 e. The van der Waals surface area contributed by atoms with E-state index in [1.165, 1.54) is 0 Å². The lowest BCUT2D eigenvalue weighted by Crippen LogP contribution is -2.09. The second-order valence-corrected chi connectivity index (χ2v) is 4.15. The Kier molecular flexibility index (Phi) is 3.88. The summed E-state index contributed by atoms with van der Waals surface area (Å²) < 4.78 is 0.938. The molecule has 0 aliphatic rings. The van der Waals surface area contributed by atoms with Crippen LogP contribution in [0.15, 0.2) is 22.8 Å². The summed E-state index contributed by atoms with van der Waals surface area (Å²) in [5.74, 6) is 0.258. The van der Waals surface area contributed by atoms with Crippen molar-refractivity contribution in [1.29, 1.82) is 0 Å². The highest BCUT2D eigenvalue weighted by atomic mass is 79.9. The number of hydrogen-bond acceptors (Lipinski definition) is 2. The van der Waals surface area contributed by atoms with E-state index in [2.05, 4.69) is 27.8 Å². The summed E-state index contributed by atoms with van der Waals surface area (Å²) >= 11 is 3.30. The molecule has 2 atom stereocenters. The summed E-state index contributed by atoms with van der Waals surface area (Å²) in [4.78, 5) is 4.15. The van der Waals surface area contributed by atoms with E-state index in [0.717, 1.165) is 16.6 Å². The Morgan fingerprint density at radius 2 is 2.23 bits per heavy atom. The number of aliphatic hydroxyl groups is 1. The molecule has 0 radical (unpaired) electrons.